The lowest BCUT2D eigenvalue weighted by Gasteiger charge is -2.04. The first-order chi connectivity index (χ1) is 4.72. The number of hydrogen-bond donors (Lipinski definition) is 1. The van der Waals surface area contributed by atoms with Crippen LogP contribution in [0.25, 0.3) is 0 Å². The summed E-state index contributed by atoms with van der Waals surface area (Å²) < 4.78 is 0. The van der Waals surface area contributed by atoms with Gasteiger partial charge in [0.05, 0.1) is 5.76 Å². The largest absolute Gasteiger partial charge is 0.513 e. The molecule has 0 bridgehead atoms. The molecule has 0 rings (SSSR count). The number of aliphatic hydroxyl groups excluding tert-OH is 1. The molecule has 0 unspecified atom stereocenters. The van der Waals surface area contributed by atoms with E-state index in [0.29, 0.717) is 5.76 Å². The highest BCUT2D eigenvalue weighted by Gasteiger charge is 1.97. The van der Waals surface area contributed by atoms with Crippen molar-refractivity contribution < 1.29 is 5.11 Å². The van der Waals surface area contributed by atoms with Crippen LogP contribution < -0.4 is 0 Å². The highest BCUT2D eigenvalue weighted by Crippen LogP contribution is 2.14. The van der Waals surface area contributed by atoms with Crippen LogP contribution in [-0.4, -0.2) is 5.11 Å². The van der Waals surface area contributed by atoms with Gasteiger partial charge in [-0.15, -0.1) is 0 Å². The molecule has 1 nitrogen and oxygen atoms in total. The van der Waals surface area contributed by atoms with Crippen LogP contribution in [0, 0.1) is 0 Å². The van der Waals surface area contributed by atoms with E-state index in [4.69, 9.17) is 5.11 Å². The Balaban J connectivity index is 3.86. The van der Waals surface area contributed by atoms with Gasteiger partial charge >= 0.3 is 0 Å². The quantitative estimate of drug-likeness (QED) is 0.596. The van der Waals surface area contributed by atoms with Gasteiger partial charge in [-0.1, -0.05) is 26.7 Å². The Bertz CT molecular complexity index is 102. The molecule has 0 aromatic heterocycles. The zero-order valence-corrected chi connectivity index (χ0v) is 7.28. The Hall–Kier alpha value is -0.460. The molecule has 0 radical (unpaired) electrons. The van der Waals surface area contributed by atoms with Crippen LogP contribution in [0.5, 0.6) is 0 Å². The van der Waals surface area contributed by atoms with Gasteiger partial charge in [0.2, 0.25) is 0 Å². The van der Waals surface area contributed by atoms with E-state index in [1.807, 2.05) is 0 Å². The Morgan fingerprint density at radius 3 is 1.70 bits per heavy atom. The second kappa shape index (κ2) is 5.33. The third-order valence-electron chi connectivity index (χ3n) is 1.62. The lowest BCUT2D eigenvalue weighted by atomic mass is 10.1. The maximum atomic E-state index is 9.15. The SMILES string of the molecule is CCCC(CCC)=C(C)O. The first kappa shape index (κ1) is 9.54. The third-order valence-corrected chi connectivity index (χ3v) is 1.62. The summed E-state index contributed by atoms with van der Waals surface area (Å²) in [5.41, 5.74) is 1.23. The minimum absolute atomic E-state index is 0.531. The molecule has 0 heterocycles. The van der Waals surface area contributed by atoms with E-state index >= 15 is 0 Å². The lowest BCUT2D eigenvalue weighted by molar-refractivity contribution is 0.400. The average Bonchev–Trinajstić information content (AvgIpc) is 1.87. The summed E-state index contributed by atoms with van der Waals surface area (Å²) >= 11 is 0. The third kappa shape index (κ3) is 3.54. The molecule has 0 aliphatic heterocycles. The zero-order chi connectivity index (χ0) is 7.98. The van der Waals surface area contributed by atoms with Crippen molar-refractivity contribution in [3.8, 4) is 0 Å². The summed E-state index contributed by atoms with van der Waals surface area (Å²) in [7, 11) is 0. The lowest BCUT2D eigenvalue weighted by Crippen LogP contribution is -1.87. The summed E-state index contributed by atoms with van der Waals surface area (Å²) in [5, 5.41) is 9.15. The molecule has 10 heavy (non-hydrogen) atoms. The van der Waals surface area contributed by atoms with Gasteiger partial charge in [-0.3, -0.25) is 0 Å². The van der Waals surface area contributed by atoms with E-state index < -0.39 is 0 Å². The molecule has 0 aromatic rings. The second-order valence-corrected chi connectivity index (χ2v) is 2.69. The molecule has 0 atom stereocenters. The molecule has 0 aromatic carbocycles. The van der Waals surface area contributed by atoms with E-state index in [0.717, 1.165) is 25.7 Å². The van der Waals surface area contributed by atoms with Crippen LogP contribution in [0.3, 0.4) is 0 Å². The van der Waals surface area contributed by atoms with Crippen molar-refractivity contribution in [2.75, 3.05) is 0 Å². The summed E-state index contributed by atoms with van der Waals surface area (Å²) in [5.74, 6) is 0.531. The second-order valence-electron chi connectivity index (χ2n) is 2.69. The van der Waals surface area contributed by atoms with Gasteiger partial charge in [0, 0.05) is 0 Å². The first-order valence-corrected chi connectivity index (χ1v) is 4.09. The number of aliphatic hydroxyl groups is 1. The summed E-state index contributed by atoms with van der Waals surface area (Å²) in [4.78, 5) is 0. The molecule has 0 aliphatic carbocycles. The molecule has 0 saturated carbocycles. The van der Waals surface area contributed by atoms with Crippen molar-refractivity contribution in [1.29, 1.82) is 0 Å². The van der Waals surface area contributed by atoms with Crippen LogP contribution in [0.1, 0.15) is 46.5 Å². The Morgan fingerprint density at radius 1 is 1.10 bits per heavy atom. The van der Waals surface area contributed by atoms with E-state index in [1.54, 1.807) is 6.92 Å². The predicted octanol–water partition coefficient (Wildman–Crippen LogP) is 3.42. The normalized spacial score (nSPS) is 9.50. The van der Waals surface area contributed by atoms with Gasteiger partial charge in [0.1, 0.15) is 0 Å². The molecule has 0 spiro atoms. The van der Waals surface area contributed by atoms with Crippen molar-refractivity contribution in [3.05, 3.63) is 11.3 Å². The van der Waals surface area contributed by atoms with E-state index in [9.17, 15) is 0 Å². The highest BCUT2D eigenvalue weighted by atomic mass is 16.3. The fraction of sp³-hybridized carbons (Fsp3) is 0.778. The minimum Gasteiger partial charge on any atom is -0.513 e. The van der Waals surface area contributed by atoms with Crippen molar-refractivity contribution in [2.45, 2.75) is 46.5 Å². The van der Waals surface area contributed by atoms with Crippen molar-refractivity contribution in [1.82, 2.24) is 0 Å². The Kier molecular flexibility index (Phi) is 5.09. The number of allylic oxidation sites excluding steroid dienone is 2. The molecule has 1 heteroatoms. The van der Waals surface area contributed by atoms with E-state index in [-0.39, 0.29) is 0 Å². The standard InChI is InChI=1S/C9H18O/c1-4-6-9(7-5-2)8(3)10/h10H,4-7H2,1-3H3. The summed E-state index contributed by atoms with van der Waals surface area (Å²) in [6.07, 6.45) is 4.37. The topological polar surface area (TPSA) is 20.2 Å². The van der Waals surface area contributed by atoms with Crippen LogP contribution in [0.4, 0.5) is 0 Å². The Morgan fingerprint density at radius 2 is 1.50 bits per heavy atom. The molecule has 0 fully saturated rings. The van der Waals surface area contributed by atoms with Crippen LogP contribution in [0.2, 0.25) is 0 Å². The highest BCUT2D eigenvalue weighted by molar-refractivity contribution is 5.04. The molecule has 0 aliphatic rings. The van der Waals surface area contributed by atoms with E-state index in [2.05, 4.69) is 13.8 Å². The molecular weight excluding hydrogens is 124 g/mol. The predicted molar refractivity (Wildman–Crippen MR) is 45.1 cm³/mol. The maximum Gasteiger partial charge on any atom is 0.0883 e. The minimum atomic E-state index is 0.531. The summed E-state index contributed by atoms with van der Waals surface area (Å²) in [6.45, 7) is 6.05. The molecule has 1 N–H and O–H groups in total. The maximum absolute atomic E-state index is 9.15. The van der Waals surface area contributed by atoms with Gasteiger partial charge in [-0.05, 0) is 25.3 Å². The van der Waals surface area contributed by atoms with E-state index in [1.165, 1.54) is 5.57 Å². The van der Waals surface area contributed by atoms with Crippen LogP contribution in [-0.2, 0) is 0 Å². The fourth-order valence-corrected chi connectivity index (χ4v) is 1.09. The zero-order valence-electron chi connectivity index (χ0n) is 7.28. The number of rotatable bonds is 4. The van der Waals surface area contributed by atoms with Crippen molar-refractivity contribution >= 4 is 0 Å². The average molecular weight is 142 g/mol. The molecule has 0 amide bonds. The summed E-state index contributed by atoms with van der Waals surface area (Å²) in [6, 6.07) is 0. The van der Waals surface area contributed by atoms with Crippen molar-refractivity contribution in [3.63, 3.8) is 0 Å². The van der Waals surface area contributed by atoms with Gasteiger partial charge < -0.3 is 5.11 Å². The molecular formula is C9H18O. The van der Waals surface area contributed by atoms with Gasteiger partial charge in [0.15, 0.2) is 0 Å². The van der Waals surface area contributed by atoms with Gasteiger partial charge in [0.25, 0.3) is 0 Å². The first-order valence-electron chi connectivity index (χ1n) is 4.09. The molecule has 60 valence electrons. The Labute approximate surface area is 63.8 Å². The van der Waals surface area contributed by atoms with Crippen molar-refractivity contribution in [2.24, 2.45) is 0 Å². The van der Waals surface area contributed by atoms with Crippen LogP contribution >= 0.6 is 0 Å². The van der Waals surface area contributed by atoms with Gasteiger partial charge in [-0.2, -0.15) is 0 Å². The molecule has 0 saturated heterocycles. The smallest absolute Gasteiger partial charge is 0.0883 e. The van der Waals surface area contributed by atoms with Crippen LogP contribution in [0.15, 0.2) is 11.3 Å². The number of hydrogen-bond acceptors (Lipinski definition) is 1. The van der Waals surface area contributed by atoms with Gasteiger partial charge in [-0.25, -0.2) is 0 Å². The monoisotopic (exact) mass is 142 g/mol. The fourth-order valence-electron chi connectivity index (χ4n) is 1.09.